The van der Waals surface area contributed by atoms with Crippen molar-refractivity contribution in [1.29, 1.82) is 0 Å². The number of anilines is 1. The third kappa shape index (κ3) is 0.834. The first-order chi connectivity index (χ1) is 4.63. The molecule has 4 N–H and O–H groups in total. The minimum absolute atomic E-state index is 0.418. The van der Waals surface area contributed by atoms with Crippen LogP contribution in [-0.4, -0.2) is 10.2 Å². The van der Waals surface area contributed by atoms with Gasteiger partial charge in [0.05, 0.1) is 0 Å². The Bertz CT molecular complexity index is 235. The van der Waals surface area contributed by atoms with Gasteiger partial charge in [0.1, 0.15) is 11.5 Å². The topological polar surface area (TPSA) is 66.5 Å². The molecule has 0 heterocycles. The molecule has 4 heteroatoms. The zero-order chi connectivity index (χ0) is 7.72. The van der Waals surface area contributed by atoms with Crippen LogP contribution in [0.25, 0.3) is 0 Å². The number of aromatic hydroxyl groups is 2. The van der Waals surface area contributed by atoms with Crippen molar-refractivity contribution >= 4 is 5.69 Å². The maximum absolute atomic E-state index is 12.4. The average Bonchev–Trinajstić information content (AvgIpc) is 1.93. The maximum Gasteiger partial charge on any atom is 0.184 e. The molecule has 0 saturated heterocycles. The number of nitrogens with two attached hydrogens (primary N) is 1. The Kier molecular flexibility index (Phi) is 1.37. The van der Waals surface area contributed by atoms with Gasteiger partial charge in [-0.05, 0) is 12.1 Å². The second-order valence-electron chi connectivity index (χ2n) is 1.83. The van der Waals surface area contributed by atoms with E-state index in [1.165, 1.54) is 0 Å². The Morgan fingerprint density at radius 3 is 2.40 bits per heavy atom. The van der Waals surface area contributed by atoms with Crippen LogP contribution in [0.3, 0.4) is 0 Å². The first kappa shape index (κ1) is 6.67. The summed E-state index contributed by atoms with van der Waals surface area (Å²) in [6, 6.07) is 2.01. The van der Waals surface area contributed by atoms with E-state index in [4.69, 9.17) is 15.9 Å². The van der Waals surface area contributed by atoms with Gasteiger partial charge in [-0.2, -0.15) is 0 Å². The van der Waals surface area contributed by atoms with Gasteiger partial charge in [-0.15, -0.1) is 0 Å². The molecule has 10 heavy (non-hydrogen) atoms. The predicted octanol–water partition coefficient (Wildman–Crippen LogP) is 0.819. The lowest BCUT2D eigenvalue weighted by Crippen LogP contribution is -1.90. The van der Waals surface area contributed by atoms with Gasteiger partial charge < -0.3 is 15.9 Å². The second-order valence-corrected chi connectivity index (χ2v) is 1.83. The highest BCUT2D eigenvalue weighted by Crippen LogP contribution is 2.32. The molecule has 0 aliphatic carbocycles. The highest BCUT2D eigenvalue weighted by molar-refractivity contribution is 5.59. The van der Waals surface area contributed by atoms with Gasteiger partial charge in [-0.3, -0.25) is 0 Å². The highest BCUT2D eigenvalue weighted by atomic mass is 19.1. The Morgan fingerprint density at radius 2 is 1.90 bits per heavy atom. The maximum atomic E-state index is 12.4. The molecular formula is C6H6FNO2. The highest BCUT2D eigenvalue weighted by Gasteiger charge is 2.06. The number of hydrogen-bond acceptors (Lipinski definition) is 3. The number of hydrogen-bond donors (Lipinski definition) is 3. The third-order valence-corrected chi connectivity index (χ3v) is 1.14. The van der Waals surface area contributed by atoms with Crippen molar-refractivity contribution in [3.8, 4) is 11.5 Å². The molecule has 3 nitrogen and oxygen atoms in total. The molecule has 0 bridgehead atoms. The Balaban J connectivity index is 3.34. The largest absolute Gasteiger partial charge is 0.504 e. The van der Waals surface area contributed by atoms with Crippen LogP contribution in [0.15, 0.2) is 12.1 Å². The fourth-order valence-corrected chi connectivity index (χ4v) is 0.572. The smallest absolute Gasteiger partial charge is 0.184 e. The molecule has 54 valence electrons. The lowest BCUT2D eigenvalue weighted by atomic mass is 10.2. The summed E-state index contributed by atoms with van der Waals surface area (Å²) in [5.41, 5.74) is 4.57. The minimum atomic E-state index is -0.740. The summed E-state index contributed by atoms with van der Waals surface area (Å²) in [6.07, 6.45) is 0. The van der Waals surface area contributed by atoms with E-state index in [9.17, 15) is 4.39 Å². The van der Waals surface area contributed by atoms with E-state index in [1.54, 1.807) is 0 Å². The molecular weight excluding hydrogens is 137 g/mol. The Labute approximate surface area is 56.5 Å². The lowest BCUT2D eigenvalue weighted by Gasteiger charge is -2.00. The lowest BCUT2D eigenvalue weighted by molar-refractivity contribution is 0.402. The van der Waals surface area contributed by atoms with Gasteiger partial charge in [-0.1, -0.05) is 0 Å². The van der Waals surface area contributed by atoms with Gasteiger partial charge in [0, 0.05) is 0 Å². The summed E-state index contributed by atoms with van der Waals surface area (Å²) < 4.78 is 12.4. The molecule has 0 fully saturated rings. The number of phenolic OH excluding ortho intramolecular Hbond substituents is 2. The van der Waals surface area contributed by atoms with Crippen LogP contribution in [0.4, 0.5) is 10.1 Å². The normalized spacial score (nSPS) is 9.70. The van der Waals surface area contributed by atoms with E-state index in [1.807, 2.05) is 0 Å². The Hall–Kier alpha value is -1.45. The summed E-state index contributed by atoms with van der Waals surface area (Å²) >= 11 is 0. The summed E-state index contributed by atoms with van der Waals surface area (Å²) in [5.74, 6) is -1.77. The quantitative estimate of drug-likeness (QED) is 0.372. The van der Waals surface area contributed by atoms with Crippen LogP contribution in [0, 0.1) is 5.82 Å². The van der Waals surface area contributed by atoms with Gasteiger partial charge in [-0.25, -0.2) is 4.39 Å². The van der Waals surface area contributed by atoms with E-state index in [-0.39, 0.29) is 0 Å². The summed E-state index contributed by atoms with van der Waals surface area (Å²) in [4.78, 5) is 0. The molecule has 0 spiro atoms. The van der Waals surface area contributed by atoms with Gasteiger partial charge >= 0.3 is 0 Å². The van der Waals surface area contributed by atoms with E-state index < -0.39 is 23.0 Å². The van der Waals surface area contributed by atoms with Crippen LogP contribution in [0.2, 0.25) is 0 Å². The van der Waals surface area contributed by atoms with Crippen LogP contribution in [0.5, 0.6) is 11.5 Å². The molecule has 1 aromatic carbocycles. The number of nitrogen functional groups attached to an aromatic ring is 1. The monoisotopic (exact) mass is 143 g/mol. The van der Waals surface area contributed by atoms with Crippen LogP contribution in [-0.2, 0) is 0 Å². The molecule has 0 radical (unpaired) electrons. The molecule has 0 unspecified atom stereocenters. The van der Waals surface area contributed by atoms with Crippen molar-refractivity contribution < 1.29 is 14.6 Å². The van der Waals surface area contributed by atoms with E-state index in [0.717, 1.165) is 12.1 Å². The molecule has 0 aromatic heterocycles. The van der Waals surface area contributed by atoms with Crippen LogP contribution >= 0.6 is 0 Å². The SMILES string of the molecule is Nc1c(F)ccc(O)c1O. The summed E-state index contributed by atoms with van der Waals surface area (Å²) in [6.45, 7) is 0. The molecule has 0 aliphatic rings. The van der Waals surface area contributed by atoms with Gasteiger partial charge in [0.2, 0.25) is 0 Å². The van der Waals surface area contributed by atoms with Crippen molar-refractivity contribution in [1.82, 2.24) is 0 Å². The predicted molar refractivity (Wildman–Crippen MR) is 34.1 cm³/mol. The van der Waals surface area contributed by atoms with E-state index in [0.29, 0.717) is 0 Å². The van der Waals surface area contributed by atoms with E-state index >= 15 is 0 Å². The first-order valence-electron chi connectivity index (χ1n) is 2.59. The van der Waals surface area contributed by atoms with Crippen LogP contribution in [0.1, 0.15) is 0 Å². The molecule has 1 aromatic rings. The van der Waals surface area contributed by atoms with Crippen molar-refractivity contribution in [3.05, 3.63) is 17.9 Å². The van der Waals surface area contributed by atoms with Crippen molar-refractivity contribution in [2.75, 3.05) is 5.73 Å². The second kappa shape index (κ2) is 2.06. The fraction of sp³-hybridized carbons (Fsp3) is 0. The summed E-state index contributed by atoms with van der Waals surface area (Å²) in [5, 5.41) is 17.5. The Morgan fingerprint density at radius 1 is 1.30 bits per heavy atom. The van der Waals surface area contributed by atoms with Crippen molar-refractivity contribution in [3.63, 3.8) is 0 Å². The average molecular weight is 143 g/mol. The van der Waals surface area contributed by atoms with Crippen molar-refractivity contribution in [2.45, 2.75) is 0 Å². The standard InChI is InChI=1S/C6H6FNO2/c7-3-1-2-4(9)6(10)5(3)8/h1-2,9-10H,8H2. The zero-order valence-corrected chi connectivity index (χ0v) is 5.00. The summed E-state index contributed by atoms with van der Waals surface area (Å²) in [7, 11) is 0. The third-order valence-electron chi connectivity index (χ3n) is 1.14. The number of rotatable bonds is 0. The molecule has 0 aliphatic heterocycles. The number of benzene rings is 1. The number of phenols is 2. The van der Waals surface area contributed by atoms with Gasteiger partial charge in [0.25, 0.3) is 0 Å². The molecule has 0 amide bonds. The minimum Gasteiger partial charge on any atom is -0.504 e. The fourth-order valence-electron chi connectivity index (χ4n) is 0.572. The molecule has 0 atom stereocenters. The van der Waals surface area contributed by atoms with Crippen molar-refractivity contribution in [2.24, 2.45) is 0 Å². The van der Waals surface area contributed by atoms with E-state index in [2.05, 4.69) is 0 Å². The van der Waals surface area contributed by atoms with Crippen LogP contribution < -0.4 is 5.73 Å². The first-order valence-corrected chi connectivity index (χ1v) is 2.59. The zero-order valence-electron chi connectivity index (χ0n) is 5.00. The molecule has 0 saturated carbocycles. The molecule has 1 rings (SSSR count). The van der Waals surface area contributed by atoms with Gasteiger partial charge in [0.15, 0.2) is 11.5 Å². The number of halogens is 1.